The lowest BCUT2D eigenvalue weighted by molar-refractivity contribution is 0.331. The highest BCUT2D eigenvalue weighted by atomic mass is 32.1. The van der Waals surface area contributed by atoms with Crippen molar-refractivity contribution in [1.29, 1.82) is 0 Å². The molecule has 0 aliphatic heterocycles. The molecule has 5 heteroatoms. The molecule has 0 spiro atoms. The molecule has 0 aliphatic carbocycles. The Morgan fingerprint density at radius 3 is 2.87 bits per heavy atom. The van der Waals surface area contributed by atoms with Gasteiger partial charge in [-0.15, -0.1) is 11.3 Å². The van der Waals surface area contributed by atoms with Crippen LogP contribution in [0.25, 0.3) is 10.2 Å². The molecule has 0 fully saturated rings. The number of nitrogens with zero attached hydrogens (tertiary/aromatic N) is 2. The summed E-state index contributed by atoms with van der Waals surface area (Å²) in [7, 11) is 0. The number of aromatic nitrogens is 2. The highest BCUT2D eigenvalue weighted by Crippen LogP contribution is 2.30. The van der Waals surface area contributed by atoms with Gasteiger partial charge in [-0.25, -0.2) is 4.98 Å². The molecule has 2 aromatic rings. The first-order valence-electron chi connectivity index (χ1n) is 4.93. The van der Waals surface area contributed by atoms with E-state index in [9.17, 15) is 0 Å². The van der Waals surface area contributed by atoms with Gasteiger partial charge in [-0.2, -0.15) is 4.98 Å². The number of aryl methyl sites for hydroxylation is 1. The van der Waals surface area contributed by atoms with E-state index in [1.54, 1.807) is 11.3 Å². The minimum Gasteiger partial charge on any atom is -0.477 e. The number of thiophene rings is 1. The Morgan fingerprint density at radius 2 is 2.20 bits per heavy atom. The number of fused-ring (bicyclic) bond motifs is 1. The van der Waals surface area contributed by atoms with Gasteiger partial charge in [0.2, 0.25) is 11.8 Å². The van der Waals surface area contributed by atoms with Crippen molar-refractivity contribution >= 4 is 27.5 Å². The third-order valence-corrected chi connectivity index (χ3v) is 3.23. The molecule has 0 radical (unpaired) electrons. The average Bonchev–Trinajstić information content (AvgIpc) is 2.61. The zero-order valence-corrected chi connectivity index (χ0v) is 9.60. The fourth-order valence-corrected chi connectivity index (χ4v) is 2.35. The fourth-order valence-electron chi connectivity index (χ4n) is 1.38. The minimum absolute atomic E-state index is 0.274. The number of nitrogens with two attached hydrogens (primary N) is 1. The Morgan fingerprint density at radius 1 is 1.40 bits per heavy atom. The molecular formula is C10H13N3OS. The van der Waals surface area contributed by atoms with E-state index in [4.69, 9.17) is 10.5 Å². The standard InChI is InChI=1S/C10H13N3OS/c1-3-6-5-7-8(14-4-2)12-10(11)13-9(7)15-6/h5H,3-4H2,1-2H3,(H2,11,12,13). The smallest absolute Gasteiger partial charge is 0.227 e. The van der Waals surface area contributed by atoms with Crippen molar-refractivity contribution in [2.24, 2.45) is 0 Å². The highest BCUT2D eigenvalue weighted by Gasteiger charge is 2.10. The molecule has 4 nitrogen and oxygen atoms in total. The Hall–Kier alpha value is -1.36. The van der Waals surface area contributed by atoms with Crippen LogP contribution < -0.4 is 10.5 Å². The summed E-state index contributed by atoms with van der Waals surface area (Å²) in [6.07, 6.45) is 0.993. The second kappa shape index (κ2) is 4.02. The van der Waals surface area contributed by atoms with E-state index in [-0.39, 0.29) is 5.95 Å². The Bertz CT molecular complexity index is 481. The van der Waals surface area contributed by atoms with Crippen LogP contribution in [-0.4, -0.2) is 16.6 Å². The molecule has 0 saturated heterocycles. The quantitative estimate of drug-likeness (QED) is 0.866. The van der Waals surface area contributed by atoms with Gasteiger partial charge < -0.3 is 10.5 Å². The molecule has 0 amide bonds. The summed E-state index contributed by atoms with van der Waals surface area (Å²) in [6.45, 7) is 4.63. The summed E-state index contributed by atoms with van der Waals surface area (Å²) < 4.78 is 5.43. The maximum Gasteiger partial charge on any atom is 0.227 e. The van der Waals surface area contributed by atoms with Crippen LogP contribution in [0.5, 0.6) is 5.88 Å². The van der Waals surface area contributed by atoms with E-state index in [1.165, 1.54) is 4.88 Å². The van der Waals surface area contributed by atoms with Gasteiger partial charge in [-0.1, -0.05) is 6.92 Å². The summed E-state index contributed by atoms with van der Waals surface area (Å²) in [5.41, 5.74) is 5.61. The number of rotatable bonds is 3. The zero-order chi connectivity index (χ0) is 10.8. The molecule has 0 aliphatic rings. The van der Waals surface area contributed by atoms with Gasteiger partial charge in [0.15, 0.2) is 0 Å². The van der Waals surface area contributed by atoms with Gasteiger partial charge in [0.05, 0.1) is 12.0 Å². The maximum absolute atomic E-state index is 5.61. The summed E-state index contributed by atoms with van der Waals surface area (Å²) in [4.78, 5) is 10.5. The van der Waals surface area contributed by atoms with Crippen molar-refractivity contribution in [3.05, 3.63) is 10.9 Å². The number of anilines is 1. The summed E-state index contributed by atoms with van der Waals surface area (Å²) in [5.74, 6) is 0.867. The van der Waals surface area contributed by atoms with Gasteiger partial charge in [-0.05, 0) is 19.4 Å². The maximum atomic E-state index is 5.61. The monoisotopic (exact) mass is 223 g/mol. The van der Waals surface area contributed by atoms with Crippen LogP contribution in [0.15, 0.2) is 6.07 Å². The van der Waals surface area contributed by atoms with Crippen LogP contribution >= 0.6 is 11.3 Å². The summed E-state index contributed by atoms with van der Waals surface area (Å²) in [6, 6.07) is 2.07. The van der Waals surface area contributed by atoms with Crippen LogP contribution in [0.3, 0.4) is 0 Å². The average molecular weight is 223 g/mol. The van der Waals surface area contributed by atoms with Crippen LogP contribution in [0.2, 0.25) is 0 Å². The molecule has 0 unspecified atom stereocenters. The van der Waals surface area contributed by atoms with E-state index >= 15 is 0 Å². The molecule has 0 bridgehead atoms. The lowest BCUT2D eigenvalue weighted by Gasteiger charge is -2.03. The fraction of sp³-hybridized carbons (Fsp3) is 0.400. The van der Waals surface area contributed by atoms with Gasteiger partial charge in [-0.3, -0.25) is 0 Å². The largest absolute Gasteiger partial charge is 0.477 e. The highest BCUT2D eigenvalue weighted by molar-refractivity contribution is 7.18. The number of hydrogen-bond donors (Lipinski definition) is 1. The van der Waals surface area contributed by atoms with Crippen LogP contribution in [0.1, 0.15) is 18.7 Å². The third kappa shape index (κ3) is 1.87. The Kier molecular flexibility index (Phi) is 2.73. The van der Waals surface area contributed by atoms with Gasteiger partial charge in [0, 0.05) is 4.88 Å². The molecule has 80 valence electrons. The van der Waals surface area contributed by atoms with E-state index in [2.05, 4.69) is 23.0 Å². The lowest BCUT2D eigenvalue weighted by Crippen LogP contribution is -1.99. The van der Waals surface area contributed by atoms with Crippen LogP contribution in [-0.2, 0) is 6.42 Å². The summed E-state index contributed by atoms with van der Waals surface area (Å²) >= 11 is 1.64. The first-order valence-corrected chi connectivity index (χ1v) is 5.75. The lowest BCUT2D eigenvalue weighted by atomic mass is 10.3. The van der Waals surface area contributed by atoms with E-state index in [0.29, 0.717) is 12.5 Å². The Labute approximate surface area is 92.1 Å². The molecule has 2 rings (SSSR count). The molecular weight excluding hydrogens is 210 g/mol. The predicted octanol–water partition coefficient (Wildman–Crippen LogP) is 2.23. The van der Waals surface area contributed by atoms with Crippen molar-refractivity contribution in [2.75, 3.05) is 12.3 Å². The molecule has 0 atom stereocenters. The first kappa shape index (κ1) is 10.2. The zero-order valence-electron chi connectivity index (χ0n) is 8.78. The van der Waals surface area contributed by atoms with Gasteiger partial charge in [0.1, 0.15) is 4.83 Å². The molecule has 0 saturated carbocycles. The molecule has 0 aromatic carbocycles. The van der Waals surface area contributed by atoms with Gasteiger partial charge >= 0.3 is 0 Å². The number of ether oxygens (including phenoxy) is 1. The molecule has 2 heterocycles. The SMILES string of the molecule is CCOc1nc(N)nc2sc(CC)cc12. The predicted molar refractivity (Wildman–Crippen MR) is 62.4 cm³/mol. The van der Waals surface area contributed by atoms with Crippen LogP contribution in [0, 0.1) is 0 Å². The first-order chi connectivity index (χ1) is 7.24. The van der Waals surface area contributed by atoms with E-state index in [0.717, 1.165) is 16.6 Å². The van der Waals surface area contributed by atoms with E-state index < -0.39 is 0 Å². The normalized spacial score (nSPS) is 10.8. The van der Waals surface area contributed by atoms with Crippen molar-refractivity contribution in [3.63, 3.8) is 0 Å². The second-order valence-corrected chi connectivity index (χ2v) is 4.22. The van der Waals surface area contributed by atoms with Crippen molar-refractivity contribution in [1.82, 2.24) is 9.97 Å². The third-order valence-electron chi connectivity index (χ3n) is 2.06. The second-order valence-electron chi connectivity index (χ2n) is 3.11. The minimum atomic E-state index is 0.274. The van der Waals surface area contributed by atoms with Crippen LogP contribution in [0.4, 0.5) is 5.95 Å². The topological polar surface area (TPSA) is 61.0 Å². The molecule has 15 heavy (non-hydrogen) atoms. The van der Waals surface area contributed by atoms with Crippen molar-refractivity contribution < 1.29 is 4.74 Å². The Balaban J connectivity index is 2.61. The van der Waals surface area contributed by atoms with Crippen molar-refractivity contribution in [2.45, 2.75) is 20.3 Å². The molecule has 2 aromatic heterocycles. The van der Waals surface area contributed by atoms with E-state index in [1.807, 2.05) is 6.92 Å². The van der Waals surface area contributed by atoms with Crippen molar-refractivity contribution in [3.8, 4) is 5.88 Å². The number of hydrogen-bond acceptors (Lipinski definition) is 5. The molecule has 2 N–H and O–H groups in total. The summed E-state index contributed by atoms with van der Waals surface area (Å²) in [5, 5.41) is 0.966. The number of nitrogen functional groups attached to an aromatic ring is 1. The van der Waals surface area contributed by atoms with Gasteiger partial charge in [0.25, 0.3) is 0 Å².